The Kier molecular flexibility index (Phi) is 3.24. The molecular weight excluding hydrogens is 174 g/mol. The monoisotopic (exact) mass is 195 g/mol. The molecule has 1 unspecified atom stereocenters. The molecular formula is C12H21NO. The normalized spacial score (nSPS) is 33.1. The zero-order valence-corrected chi connectivity index (χ0v) is 8.84. The molecule has 2 aliphatic rings. The first-order valence-electron chi connectivity index (χ1n) is 5.90. The van der Waals surface area contributed by atoms with Crippen LogP contribution in [0.2, 0.25) is 0 Å². The van der Waals surface area contributed by atoms with Gasteiger partial charge in [0.2, 0.25) is 0 Å². The highest BCUT2D eigenvalue weighted by atomic mass is 16.3. The summed E-state index contributed by atoms with van der Waals surface area (Å²) in [6.07, 6.45) is 13.4. The lowest BCUT2D eigenvalue weighted by molar-refractivity contribution is 0.221. The van der Waals surface area contributed by atoms with E-state index in [0.29, 0.717) is 12.6 Å². The molecule has 0 aromatic rings. The molecule has 2 nitrogen and oxygen atoms in total. The molecule has 0 bridgehead atoms. The fraction of sp³-hybridized carbons (Fsp3) is 0.833. The Morgan fingerprint density at radius 2 is 2.14 bits per heavy atom. The lowest BCUT2D eigenvalue weighted by Gasteiger charge is -2.22. The van der Waals surface area contributed by atoms with Gasteiger partial charge in [-0.2, -0.15) is 0 Å². The summed E-state index contributed by atoms with van der Waals surface area (Å²) >= 11 is 0. The molecule has 0 amide bonds. The van der Waals surface area contributed by atoms with Crippen LogP contribution in [-0.4, -0.2) is 23.3 Å². The first-order chi connectivity index (χ1) is 6.85. The van der Waals surface area contributed by atoms with Crippen molar-refractivity contribution in [2.24, 2.45) is 0 Å². The van der Waals surface area contributed by atoms with Crippen molar-refractivity contribution < 1.29 is 5.11 Å². The lowest BCUT2D eigenvalue weighted by Crippen LogP contribution is -2.41. The highest BCUT2D eigenvalue weighted by Gasteiger charge is 2.42. The van der Waals surface area contributed by atoms with E-state index in [4.69, 9.17) is 0 Å². The van der Waals surface area contributed by atoms with Crippen LogP contribution >= 0.6 is 0 Å². The van der Waals surface area contributed by atoms with E-state index in [1.165, 1.54) is 32.1 Å². The Labute approximate surface area is 86.4 Å². The molecule has 1 saturated carbocycles. The molecule has 0 radical (unpaired) electrons. The van der Waals surface area contributed by atoms with Crippen LogP contribution in [0.4, 0.5) is 0 Å². The third-order valence-electron chi connectivity index (χ3n) is 3.40. The van der Waals surface area contributed by atoms with E-state index in [9.17, 15) is 5.11 Å². The Balaban J connectivity index is 1.85. The summed E-state index contributed by atoms with van der Waals surface area (Å²) in [7, 11) is 0. The fourth-order valence-electron chi connectivity index (χ4n) is 2.17. The molecule has 2 rings (SSSR count). The second-order valence-corrected chi connectivity index (χ2v) is 4.76. The van der Waals surface area contributed by atoms with Gasteiger partial charge in [0.25, 0.3) is 0 Å². The van der Waals surface area contributed by atoms with Gasteiger partial charge in [-0.1, -0.05) is 25.0 Å². The molecule has 2 heteroatoms. The van der Waals surface area contributed by atoms with Crippen LogP contribution in [0, 0.1) is 0 Å². The van der Waals surface area contributed by atoms with E-state index in [1.807, 2.05) is 0 Å². The van der Waals surface area contributed by atoms with Gasteiger partial charge in [0.05, 0.1) is 6.61 Å². The van der Waals surface area contributed by atoms with Crippen LogP contribution in [-0.2, 0) is 0 Å². The van der Waals surface area contributed by atoms with Gasteiger partial charge in [-0.05, 0) is 32.1 Å². The smallest absolute Gasteiger partial charge is 0.0613 e. The maximum absolute atomic E-state index is 9.23. The van der Waals surface area contributed by atoms with Crippen LogP contribution in [0.25, 0.3) is 0 Å². The molecule has 0 aromatic heterocycles. The summed E-state index contributed by atoms with van der Waals surface area (Å²) in [6.45, 7) is 0.303. The Morgan fingerprint density at radius 1 is 1.29 bits per heavy atom. The van der Waals surface area contributed by atoms with Crippen molar-refractivity contribution in [2.75, 3.05) is 6.61 Å². The molecule has 80 valence electrons. The van der Waals surface area contributed by atoms with Crippen LogP contribution in [0.3, 0.4) is 0 Å². The summed E-state index contributed by atoms with van der Waals surface area (Å²) in [4.78, 5) is 0. The van der Waals surface area contributed by atoms with Crippen LogP contribution in [0.5, 0.6) is 0 Å². The molecule has 0 spiro atoms. The summed E-state index contributed by atoms with van der Waals surface area (Å²) in [5.41, 5.74) is 0.0915. The number of allylic oxidation sites excluding steroid dienone is 1. The minimum Gasteiger partial charge on any atom is -0.394 e. The van der Waals surface area contributed by atoms with Gasteiger partial charge >= 0.3 is 0 Å². The Bertz CT molecular complexity index is 208. The first kappa shape index (κ1) is 10.2. The van der Waals surface area contributed by atoms with E-state index < -0.39 is 0 Å². The van der Waals surface area contributed by atoms with Crippen LogP contribution < -0.4 is 5.32 Å². The molecule has 14 heavy (non-hydrogen) atoms. The molecule has 0 aromatic carbocycles. The Morgan fingerprint density at radius 3 is 2.86 bits per heavy atom. The van der Waals surface area contributed by atoms with Gasteiger partial charge in [0, 0.05) is 11.6 Å². The standard InChI is InChI=1S/C12H21NO/c14-10-12(8-9-12)13-11-6-4-2-1-3-5-7-11/h4,6,11,13-14H,1-3,5,7-10H2/b6-4-. The van der Waals surface area contributed by atoms with Crippen LogP contribution in [0.15, 0.2) is 12.2 Å². The van der Waals surface area contributed by atoms with Gasteiger partial charge in [-0.25, -0.2) is 0 Å². The van der Waals surface area contributed by atoms with Gasteiger partial charge in [-0.3, -0.25) is 0 Å². The predicted octanol–water partition coefficient (Wildman–Crippen LogP) is 1.99. The predicted molar refractivity (Wildman–Crippen MR) is 58.2 cm³/mol. The number of hydrogen-bond acceptors (Lipinski definition) is 2. The summed E-state index contributed by atoms with van der Waals surface area (Å²) < 4.78 is 0. The van der Waals surface area contributed by atoms with Crippen molar-refractivity contribution in [3.63, 3.8) is 0 Å². The fourth-order valence-corrected chi connectivity index (χ4v) is 2.17. The largest absolute Gasteiger partial charge is 0.394 e. The highest BCUT2D eigenvalue weighted by Crippen LogP contribution is 2.35. The van der Waals surface area contributed by atoms with Crippen molar-refractivity contribution in [3.05, 3.63) is 12.2 Å². The van der Waals surface area contributed by atoms with E-state index in [1.54, 1.807) is 0 Å². The number of aliphatic hydroxyl groups is 1. The maximum atomic E-state index is 9.23. The molecule has 2 N–H and O–H groups in total. The van der Waals surface area contributed by atoms with Crippen molar-refractivity contribution in [3.8, 4) is 0 Å². The van der Waals surface area contributed by atoms with E-state index in [2.05, 4.69) is 17.5 Å². The van der Waals surface area contributed by atoms with E-state index in [-0.39, 0.29) is 5.54 Å². The lowest BCUT2D eigenvalue weighted by atomic mass is 10.0. The Hall–Kier alpha value is -0.340. The van der Waals surface area contributed by atoms with Gasteiger partial charge < -0.3 is 10.4 Å². The van der Waals surface area contributed by atoms with E-state index >= 15 is 0 Å². The van der Waals surface area contributed by atoms with Gasteiger partial charge in [0.15, 0.2) is 0 Å². The number of aliphatic hydroxyl groups excluding tert-OH is 1. The minimum absolute atomic E-state index is 0.0915. The highest BCUT2D eigenvalue weighted by molar-refractivity contribution is 5.07. The molecule has 1 atom stereocenters. The molecule has 0 saturated heterocycles. The number of hydrogen-bond donors (Lipinski definition) is 2. The zero-order chi connectivity index (χ0) is 9.86. The molecule has 0 aliphatic heterocycles. The van der Waals surface area contributed by atoms with Gasteiger partial charge in [-0.15, -0.1) is 0 Å². The second kappa shape index (κ2) is 4.45. The number of rotatable bonds is 3. The number of nitrogens with one attached hydrogen (secondary N) is 1. The summed E-state index contributed by atoms with van der Waals surface area (Å²) in [5.74, 6) is 0. The SMILES string of the molecule is OCC1(NC2/C=C\CCCCC2)CC1. The van der Waals surface area contributed by atoms with Crippen molar-refractivity contribution >= 4 is 0 Å². The second-order valence-electron chi connectivity index (χ2n) is 4.76. The third-order valence-corrected chi connectivity index (χ3v) is 3.40. The minimum atomic E-state index is 0.0915. The average molecular weight is 195 g/mol. The van der Waals surface area contributed by atoms with Crippen molar-refractivity contribution in [1.29, 1.82) is 0 Å². The zero-order valence-electron chi connectivity index (χ0n) is 8.84. The summed E-state index contributed by atoms with van der Waals surface area (Å²) in [6, 6.07) is 0.505. The van der Waals surface area contributed by atoms with Crippen molar-refractivity contribution in [1.82, 2.24) is 5.32 Å². The average Bonchev–Trinajstić information content (AvgIpc) is 2.91. The van der Waals surface area contributed by atoms with Crippen LogP contribution in [0.1, 0.15) is 44.9 Å². The molecule has 0 heterocycles. The molecule has 1 fully saturated rings. The first-order valence-corrected chi connectivity index (χ1v) is 5.90. The quantitative estimate of drug-likeness (QED) is 0.675. The summed E-state index contributed by atoms with van der Waals surface area (Å²) in [5, 5.41) is 12.8. The maximum Gasteiger partial charge on any atom is 0.0613 e. The molecule has 2 aliphatic carbocycles. The topological polar surface area (TPSA) is 32.3 Å². The third kappa shape index (κ3) is 2.58. The van der Waals surface area contributed by atoms with Gasteiger partial charge in [0.1, 0.15) is 0 Å². The van der Waals surface area contributed by atoms with E-state index in [0.717, 1.165) is 12.8 Å². The van der Waals surface area contributed by atoms with Crippen molar-refractivity contribution in [2.45, 2.75) is 56.5 Å².